The molecule has 0 aliphatic heterocycles. The van der Waals surface area contributed by atoms with Crippen molar-refractivity contribution in [2.45, 2.75) is 25.5 Å². The Kier molecular flexibility index (Phi) is 6.83. The summed E-state index contributed by atoms with van der Waals surface area (Å²) < 4.78 is 25.5. The molecule has 1 atom stereocenters. The third-order valence-corrected chi connectivity index (χ3v) is 6.39. The van der Waals surface area contributed by atoms with Crippen LogP contribution in [0, 0.1) is 5.82 Å². The van der Waals surface area contributed by atoms with Crippen LogP contribution in [0.1, 0.15) is 31.1 Å². The highest BCUT2D eigenvalue weighted by atomic mass is 35.5. The average molecular weight is 416 g/mol. The van der Waals surface area contributed by atoms with E-state index in [0.29, 0.717) is 32.5 Å². The standard InChI is InChI=1S/C19H20Cl2FNO2S/c1-19(2,3)26(25)9-8-23-18(24)14-6-5-13(22)11-15(14)12-4-7-16(20)17(21)10-12/h4-7,10-11H,8-9H2,1-3H3,(H,23,24)/t26-/m0/s1. The minimum Gasteiger partial charge on any atom is -0.351 e. The molecule has 140 valence electrons. The molecule has 0 unspecified atom stereocenters. The van der Waals surface area contributed by atoms with Gasteiger partial charge >= 0.3 is 0 Å². The first-order valence-electron chi connectivity index (χ1n) is 8.01. The number of carbonyl (C=O) groups is 1. The van der Waals surface area contributed by atoms with E-state index in [1.54, 1.807) is 18.2 Å². The van der Waals surface area contributed by atoms with Crippen LogP contribution in [-0.4, -0.2) is 27.2 Å². The summed E-state index contributed by atoms with van der Waals surface area (Å²) in [4.78, 5) is 12.5. The van der Waals surface area contributed by atoms with Crippen molar-refractivity contribution in [1.82, 2.24) is 5.32 Å². The zero-order chi connectivity index (χ0) is 19.5. The van der Waals surface area contributed by atoms with Gasteiger partial charge in [0.05, 0.1) is 10.0 Å². The van der Waals surface area contributed by atoms with E-state index in [2.05, 4.69) is 5.32 Å². The first kappa shape index (κ1) is 20.9. The quantitative estimate of drug-likeness (QED) is 0.739. The van der Waals surface area contributed by atoms with Gasteiger partial charge in [0.15, 0.2) is 0 Å². The van der Waals surface area contributed by atoms with Gasteiger partial charge in [-0.15, -0.1) is 0 Å². The molecule has 0 heterocycles. The zero-order valence-electron chi connectivity index (χ0n) is 14.7. The molecule has 2 aromatic carbocycles. The lowest BCUT2D eigenvalue weighted by Crippen LogP contribution is -2.32. The molecule has 0 aliphatic carbocycles. The highest BCUT2D eigenvalue weighted by Crippen LogP contribution is 2.31. The van der Waals surface area contributed by atoms with Gasteiger partial charge in [-0.2, -0.15) is 0 Å². The Labute approximate surface area is 165 Å². The largest absolute Gasteiger partial charge is 0.351 e. The Hall–Kier alpha value is -1.43. The second-order valence-electron chi connectivity index (χ2n) is 6.74. The molecule has 2 rings (SSSR count). The SMILES string of the molecule is CC(C)(C)[S@@](=O)CCNC(=O)c1ccc(F)cc1-c1ccc(Cl)c(Cl)c1. The molecule has 2 aromatic rings. The van der Waals surface area contributed by atoms with E-state index in [0.717, 1.165) is 0 Å². The lowest BCUT2D eigenvalue weighted by Gasteiger charge is -2.18. The Morgan fingerprint density at radius 1 is 1.12 bits per heavy atom. The molecular formula is C19H20Cl2FNO2S. The Morgan fingerprint density at radius 3 is 2.42 bits per heavy atom. The smallest absolute Gasteiger partial charge is 0.251 e. The fourth-order valence-electron chi connectivity index (χ4n) is 2.28. The van der Waals surface area contributed by atoms with Gasteiger partial charge in [0.1, 0.15) is 5.82 Å². The first-order valence-corrected chi connectivity index (χ1v) is 10.1. The predicted octanol–water partition coefficient (Wildman–Crippen LogP) is 5.08. The molecule has 3 nitrogen and oxygen atoms in total. The van der Waals surface area contributed by atoms with Gasteiger partial charge in [-0.05, 0) is 62.2 Å². The number of hydrogen-bond donors (Lipinski definition) is 1. The molecule has 0 saturated heterocycles. The predicted molar refractivity (Wildman–Crippen MR) is 107 cm³/mol. The summed E-state index contributed by atoms with van der Waals surface area (Å²) in [6.07, 6.45) is 0. The van der Waals surface area contributed by atoms with Crippen LogP contribution >= 0.6 is 23.2 Å². The van der Waals surface area contributed by atoms with E-state index < -0.39 is 16.6 Å². The number of amides is 1. The number of carbonyl (C=O) groups excluding carboxylic acids is 1. The lowest BCUT2D eigenvalue weighted by molar-refractivity contribution is 0.0956. The van der Waals surface area contributed by atoms with Crippen molar-refractivity contribution in [2.24, 2.45) is 0 Å². The minimum absolute atomic E-state index is 0.265. The molecule has 0 spiro atoms. The maximum Gasteiger partial charge on any atom is 0.251 e. The maximum atomic E-state index is 13.7. The van der Waals surface area contributed by atoms with Crippen molar-refractivity contribution < 1.29 is 13.4 Å². The van der Waals surface area contributed by atoms with Gasteiger partial charge in [0, 0.05) is 33.4 Å². The fraction of sp³-hybridized carbons (Fsp3) is 0.316. The molecule has 0 radical (unpaired) electrons. The topological polar surface area (TPSA) is 46.2 Å². The van der Waals surface area contributed by atoms with Crippen LogP contribution in [0.25, 0.3) is 11.1 Å². The highest BCUT2D eigenvalue weighted by Gasteiger charge is 2.20. The molecule has 0 aromatic heterocycles. The van der Waals surface area contributed by atoms with Crippen LogP contribution in [0.4, 0.5) is 4.39 Å². The van der Waals surface area contributed by atoms with Crippen LogP contribution in [0.15, 0.2) is 36.4 Å². The maximum absolute atomic E-state index is 13.7. The molecule has 1 amide bonds. The van der Waals surface area contributed by atoms with Crippen LogP contribution in [-0.2, 0) is 10.8 Å². The van der Waals surface area contributed by atoms with Crippen molar-refractivity contribution in [3.05, 3.63) is 57.8 Å². The summed E-state index contributed by atoms with van der Waals surface area (Å²) in [6, 6.07) is 8.78. The van der Waals surface area contributed by atoms with E-state index in [9.17, 15) is 13.4 Å². The number of hydrogen-bond acceptors (Lipinski definition) is 2. The van der Waals surface area contributed by atoms with Crippen molar-refractivity contribution >= 4 is 39.9 Å². The number of benzene rings is 2. The summed E-state index contributed by atoms with van der Waals surface area (Å²) in [5.41, 5.74) is 1.31. The molecular weight excluding hydrogens is 396 g/mol. The third-order valence-electron chi connectivity index (χ3n) is 3.71. The summed E-state index contributed by atoms with van der Waals surface area (Å²) in [5.74, 6) is -0.480. The monoisotopic (exact) mass is 415 g/mol. The molecule has 0 saturated carbocycles. The van der Waals surface area contributed by atoms with Crippen molar-refractivity contribution in [3.8, 4) is 11.1 Å². The Morgan fingerprint density at radius 2 is 1.81 bits per heavy atom. The first-order chi connectivity index (χ1) is 12.1. The molecule has 7 heteroatoms. The Bertz CT molecular complexity index is 850. The molecule has 0 bridgehead atoms. The van der Waals surface area contributed by atoms with Crippen LogP contribution in [0.3, 0.4) is 0 Å². The van der Waals surface area contributed by atoms with Crippen LogP contribution < -0.4 is 5.32 Å². The average Bonchev–Trinajstić information content (AvgIpc) is 2.56. The van der Waals surface area contributed by atoms with E-state index in [4.69, 9.17) is 23.2 Å². The van der Waals surface area contributed by atoms with Gasteiger partial charge < -0.3 is 5.32 Å². The normalized spacial score (nSPS) is 12.7. The molecule has 0 fully saturated rings. The zero-order valence-corrected chi connectivity index (χ0v) is 17.1. The van der Waals surface area contributed by atoms with Gasteiger partial charge in [-0.1, -0.05) is 29.3 Å². The van der Waals surface area contributed by atoms with Gasteiger partial charge in [0.25, 0.3) is 5.91 Å². The van der Waals surface area contributed by atoms with Crippen molar-refractivity contribution in [1.29, 1.82) is 0 Å². The van der Waals surface area contributed by atoms with E-state index in [-0.39, 0.29) is 17.2 Å². The third kappa shape index (κ3) is 5.29. The van der Waals surface area contributed by atoms with Gasteiger partial charge in [-0.3, -0.25) is 9.00 Å². The van der Waals surface area contributed by atoms with E-state index in [1.165, 1.54) is 18.2 Å². The second kappa shape index (κ2) is 8.51. The summed E-state index contributed by atoms with van der Waals surface area (Å²) in [5, 5.41) is 3.44. The number of nitrogens with one attached hydrogen (secondary N) is 1. The molecule has 0 aliphatic rings. The second-order valence-corrected chi connectivity index (χ2v) is 9.88. The van der Waals surface area contributed by atoms with Gasteiger partial charge in [0.2, 0.25) is 0 Å². The van der Waals surface area contributed by atoms with E-state index >= 15 is 0 Å². The number of rotatable bonds is 5. The summed E-state index contributed by atoms with van der Waals surface area (Å²) in [7, 11) is -1.07. The summed E-state index contributed by atoms with van der Waals surface area (Å²) >= 11 is 12.0. The van der Waals surface area contributed by atoms with E-state index in [1.807, 2.05) is 20.8 Å². The van der Waals surface area contributed by atoms with Crippen molar-refractivity contribution in [3.63, 3.8) is 0 Å². The Balaban J connectivity index is 2.22. The minimum atomic E-state index is -1.07. The summed E-state index contributed by atoms with van der Waals surface area (Å²) in [6.45, 7) is 5.91. The van der Waals surface area contributed by atoms with Crippen molar-refractivity contribution in [2.75, 3.05) is 12.3 Å². The molecule has 26 heavy (non-hydrogen) atoms. The van der Waals surface area contributed by atoms with Gasteiger partial charge in [-0.25, -0.2) is 4.39 Å². The molecule has 1 N–H and O–H groups in total. The fourth-order valence-corrected chi connectivity index (χ4v) is 3.47. The van der Waals surface area contributed by atoms with Crippen LogP contribution in [0.5, 0.6) is 0 Å². The highest BCUT2D eigenvalue weighted by molar-refractivity contribution is 7.86. The van der Waals surface area contributed by atoms with Crippen LogP contribution in [0.2, 0.25) is 10.0 Å². The number of halogens is 3. The lowest BCUT2D eigenvalue weighted by atomic mass is 9.99.